The molecule has 0 spiro atoms. The molecule has 0 amide bonds. The zero-order valence-corrected chi connectivity index (χ0v) is 43.4. The Morgan fingerprint density at radius 3 is 1.72 bits per heavy atom. The largest absolute Gasteiger partial charge is 0.376 e. The molecular formula is C69H72N2O. The lowest BCUT2D eigenvalue weighted by Crippen LogP contribution is -2.44. The molecule has 0 saturated carbocycles. The highest BCUT2D eigenvalue weighted by Crippen LogP contribution is 2.49. The number of aromatic nitrogens is 1. The van der Waals surface area contributed by atoms with Crippen LogP contribution in [-0.2, 0) is 16.4 Å². The molecule has 72 heavy (non-hydrogen) atoms. The number of allylic oxidation sites excluding steroid dienone is 4. The van der Waals surface area contributed by atoms with Crippen LogP contribution in [0.4, 0.5) is 11.4 Å². The van der Waals surface area contributed by atoms with Crippen LogP contribution in [0.2, 0.25) is 0 Å². The summed E-state index contributed by atoms with van der Waals surface area (Å²) in [5.74, 6) is 0.789. The van der Waals surface area contributed by atoms with Crippen LogP contribution in [0.15, 0.2) is 205 Å². The van der Waals surface area contributed by atoms with Crippen molar-refractivity contribution in [2.24, 2.45) is 11.8 Å². The van der Waals surface area contributed by atoms with Gasteiger partial charge in [0, 0.05) is 33.8 Å². The lowest BCUT2D eigenvalue weighted by atomic mass is 9.70. The van der Waals surface area contributed by atoms with E-state index in [1.54, 1.807) is 11.1 Å². The second kappa shape index (κ2) is 19.4. The summed E-state index contributed by atoms with van der Waals surface area (Å²) in [4.78, 5) is 2.74. The third kappa shape index (κ3) is 9.00. The highest BCUT2D eigenvalue weighted by atomic mass is 16.3. The molecule has 0 aliphatic heterocycles. The van der Waals surface area contributed by atoms with Crippen molar-refractivity contribution in [3.05, 3.63) is 233 Å². The molecule has 11 rings (SSSR count). The average Bonchev–Trinajstić information content (AvgIpc) is 3.75. The zero-order chi connectivity index (χ0) is 49.6. The predicted octanol–water partition coefficient (Wildman–Crippen LogP) is 18.0. The average molecular weight is 945 g/mol. The Kier molecular flexibility index (Phi) is 12.8. The Bertz CT molecular complexity index is 3210. The van der Waals surface area contributed by atoms with Crippen LogP contribution in [-0.4, -0.2) is 15.7 Å². The Hall–Kier alpha value is -6.68. The van der Waals surface area contributed by atoms with Gasteiger partial charge in [-0.05, 0) is 180 Å². The first kappa shape index (κ1) is 47.6. The Morgan fingerprint density at radius 1 is 0.500 bits per heavy atom. The predicted molar refractivity (Wildman–Crippen MR) is 305 cm³/mol. The minimum Gasteiger partial charge on any atom is -0.376 e. The molecule has 3 atom stereocenters. The number of benzene rings is 7. The molecule has 1 heterocycles. The van der Waals surface area contributed by atoms with E-state index in [9.17, 15) is 5.11 Å². The smallest absolute Gasteiger partial charge is 0.140 e. The maximum absolute atomic E-state index is 13.8. The van der Waals surface area contributed by atoms with Gasteiger partial charge in [-0.25, -0.2) is 0 Å². The van der Waals surface area contributed by atoms with Gasteiger partial charge in [-0.1, -0.05) is 181 Å². The number of rotatable bonds is 10. The van der Waals surface area contributed by atoms with Crippen molar-refractivity contribution in [3.8, 4) is 16.8 Å². The van der Waals surface area contributed by atoms with Crippen molar-refractivity contribution in [2.75, 3.05) is 4.90 Å². The molecule has 0 radical (unpaired) electrons. The summed E-state index contributed by atoms with van der Waals surface area (Å²) in [5, 5.41) is 16.3. The van der Waals surface area contributed by atoms with E-state index in [-0.39, 0.29) is 16.9 Å². The maximum Gasteiger partial charge on any atom is 0.140 e. The molecule has 364 valence electrons. The zero-order valence-electron chi connectivity index (χ0n) is 43.4. The van der Waals surface area contributed by atoms with Crippen LogP contribution in [0.25, 0.3) is 38.6 Å². The molecule has 1 aromatic heterocycles. The molecular weight excluding hydrogens is 873 g/mol. The van der Waals surface area contributed by atoms with Crippen molar-refractivity contribution in [3.63, 3.8) is 0 Å². The molecule has 0 fully saturated rings. The van der Waals surface area contributed by atoms with Gasteiger partial charge in [0.1, 0.15) is 5.60 Å². The molecule has 8 aromatic rings. The van der Waals surface area contributed by atoms with E-state index in [4.69, 9.17) is 0 Å². The van der Waals surface area contributed by atoms with Crippen LogP contribution >= 0.6 is 0 Å². The molecule has 0 saturated heterocycles. The van der Waals surface area contributed by atoms with Gasteiger partial charge in [0.05, 0.1) is 17.1 Å². The summed E-state index contributed by atoms with van der Waals surface area (Å²) in [6, 6.07) is 62.2. The second-order valence-corrected chi connectivity index (χ2v) is 23.1. The van der Waals surface area contributed by atoms with E-state index in [0.29, 0.717) is 11.8 Å². The van der Waals surface area contributed by atoms with Crippen molar-refractivity contribution in [1.82, 2.24) is 4.57 Å². The summed E-state index contributed by atoms with van der Waals surface area (Å²) in [6.07, 6.45) is 20.4. The van der Waals surface area contributed by atoms with Crippen molar-refractivity contribution >= 4 is 33.2 Å². The van der Waals surface area contributed by atoms with Gasteiger partial charge in [0.15, 0.2) is 0 Å². The van der Waals surface area contributed by atoms with Crippen LogP contribution in [0.3, 0.4) is 0 Å². The summed E-state index contributed by atoms with van der Waals surface area (Å²) in [5.41, 5.74) is 15.0. The van der Waals surface area contributed by atoms with Crippen molar-refractivity contribution in [2.45, 2.75) is 122 Å². The fraction of sp³-hybridized carbons (Fsp3) is 0.304. The number of nitrogens with zero attached hydrogens (tertiary/aromatic N) is 2. The molecule has 1 N–H and O–H groups in total. The Morgan fingerprint density at radius 2 is 1.14 bits per heavy atom. The van der Waals surface area contributed by atoms with E-state index < -0.39 is 5.60 Å². The number of hydrogen-bond acceptors (Lipinski definition) is 2. The summed E-state index contributed by atoms with van der Waals surface area (Å²) < 4.78 is 2.52. The normalized spacial score (nSPS) is 18.8. The Labute approximate surface area is 429 Å². The standard InChI is InChI=1S/C69H72N2O/c1-67(2,3)54-38-40-64-62(45-54)63-46-55(68(4,5)6)39-41-65(63)71(64)58-35-22-34-57(47-58)70(66-60(49-26-14-8-15-27-49)36-23-37-61(66)50-28-16-9-17-29-50)59-43-51(48-24-12-7-13-25-48)42-56(44-59)69(72,52-30-18-10-19-31-52)53-32-20-11-21-33-53/h7-8,10-14,18-22,24-25,28,30-36,38-47,49,61,66,72H,9,15-17,23,26-27,29,37H2,1-6H3. The van der Waals surface area contributed by atoms with Gasteiger partial charge < -0.3 is 14.6 Å². The van der Waals surface area contributed by atoms with Gasteiger partial charge in [0.25, 0.3) is 0 Å². The fourth-order valence-electron chi connectivity index (χ4n) is 12.5. The molecule has 3 aliphatic carbocycles. The van der Waals surface area contributed by atoms with Gasteiger partial charge in [-0.3, -0.25) is 0 Å². The van der Waals surface area contributed by atoms with E-state index in [1.807, 2.05) is 36.4 Å². The van der Waals surface area contributed by atoms with E-state index in [0.717, 1.165) is 89.8 Å². The van der Waals surface area contributed by atoms with E-state index in [2.05, 4.69) is 209 Å². The minimum atomic E-state index is -1.44. The molecule has 3 aliphatic rings. The van der Waals surface area contributed by atoms with E-state index >= 15 is 0 Å². The number of aliphatic hydroxyl groups is 1. The summed E-state index contributed by atoms with van der Waals surface area (Å²) >= 11 is 0. The number of fused-ring (bicyclic) bond motifs is 3. The van der Waals surface area contributed by atoms with Gasteiger partial charge >= 0.3 is 0 Å². The van der Waals surface area contributed by atoms with E-state index in [1.165, 1.54) is 45.8 Å². The topological polar surface area (TPSA) is 28.4 Å². The van der Waals surface area contributed by atoms with Crippen molar-refractivity contribution < 1.29 is 5.11 Å². The van der Waals surface area contributed by atoms with Crippen LogP contribution in [0.1, 0.15) is 127 Å². The molecule has 0 bridgehead atoms. The van der Waals surface area contributed by atoms with Crippen LogP contribution < -0.4 is 4.90 Å². The summed E-state index contributed by atoms with van der Waals surface area (Å²) in [6.45, 7) is 13.9. The van der Waals surface area contributed by atoms with Crippen LogP contribution in [0.5, 0.6) is 0 Å². The first-order chi connectivity index (χ1) is 34.9. The molecule has 7 aromatic carbocycles. The highest BCUT2D eigenvalue weighted by molar-refractivity contribution is 6.10. The van der Waals surface area contributed by atoms with Gasteiger partial charge in [0.2, 0.25) is 0 Å². The monoisotopic (exact) mass is 945 g/mol. The maximum atomic E-state index is 13.8. The lowest BCUT2D eigenvalue weighted by molar-refractivity contribution is 0.126. The second-order valence-electron chi connectivity index (χ2n) is 23.1. The molecule has 3 heteroatoms. The number of anilines is 2. The van der Waals surface area contributed by atoms with Crippen molar-refractivity contribution in [1.29, 1.82) is 0 Å². The summed E-state index contributed by atoms with van der Waals surface area (Å²) in [7, 11) is 0. The molecule has 3 unspecified atom stereocenters. The first-order valence-corrected chi connectivity index (χ1v) is 26.9. The first-order valence-electron chi connectivity index (χ1n) is 26.9. The molecule has 3 nitrogen and oxygen atoms in total. The minimum absolute atomic E-state index is 0.00858. The SMILES string of the molecule is CC(C)(C)c1ccc2c(c1)c1cc(C(C)(C)C)ccc1n2-c1cccc(N(c2cc(-c3ccccc3)cc(C(O)(c3ccccc3)c3ccccc3)c2)C2C(C3CC=CCC3)=CCCC2C2=CCCCC2)c1. The van der Waals surface area contributed by atoms with Gasteiger partial charge in [-0.15, -0.1) is 0 Å². The third-order valence-corrected chi connectivity index (χ3v) is 16.4. The fourth-order valence-corrected chi connectivity index (χ4v) is 12.5. The van der Waals surface area contributed by atoms with Crippen LogP contribution in [0, 0.1) is 11.8 Å². The van der Waals surface area contributed by atoms with Gasteiger partial charge in [-0.2, -0.15) is 0 Å². The third-order valence-electron chi connectivity index (χ3n) is 16.4. The quantitative estimate of drug-likeness (QED) is 0.109. The Balaban J connectivity index is 1.21. The lowest BCUT2D eigenvalue weighted by Gasteiger charge is -2.46. The highest BCUT2D eigenvalue weighted by Gasteiger charge is 2.41. The number of hydrogen-bond donors (Lipinski definition) is 1.